The molecule has 150 valence electrons. The number of Topliss-reactive ketones (excluding diaryl/α,β-unsaturated/α-hetero) is 1. The fraction of sp³-hybridized carbons (Fsp3) is 0.125. The van der Waals surface area contributed by atoms with Crippen molar-refractivity contribution in [3.8, 4) is 5.75 Å². The molecule has 0 aliphatic rings. The molecule has 1 heterocycles. The van der Waals surface area contributed by atoms with E-state index in [1.54, 1.807) is 30.3 Å². The van der Waals surface area contributed by atoms with E-state index in [1.807, 2.05) is 56.3 Å². The van der Waals surface area contributed by atoms with Crippen molar-refractivity contribution >= 4 is 28.3 Å². The quantitative estimate of drug-likeness (QED) is 0.261. The molecule has 4 rings (SSSR count). The van der Waals surface area contributed by atoms with Crippen LogP contribution in [0.25, 0.3) is 11.1 Å². The Morgan fingerprint density at radius 2 is 1.77 bits per heavy atom. The number of ketones is 1. The Morgan fingerprint density at radius 3 is 2.47 bits per heavy atom. The fourth-order valence-corrected chi connectivity index (χ4v) is 2.92. The summed E-state index contributed by atoms with van der Waals surface area (Å²) in [7, 11) is 0. The summed E-state index contributed by atoms with van der Waals surface area (Å²) >= 11 is 0. The lowest BCUT2D eigenvalue weighted by Crippen LogP contribution is -2.18. The third-order valence-corrected chi connectivity index (χ3v) is 4.49. The molecule has 6 nitrogen and oxygen atoms in total. The number of nitrogens with one attached hydrogen (secondary N) is 1. The average Bonchev–Trinajstić information content (AvgIpc) is 3.19. The van der Waals surface area contributed by atoms with Crippen LogP contribution >= 0.6 is 0 Å². The second kappa shape index (κ2) is 8.61. The first kappa shape index (κ1) is 19.4. The van der Waals surface area contributed by atoms with Gasteiger partial charge in [-0.25, -0.2) is 4.98 Å². The lowest BCUT2D eigenvalue weighted by Gasteiger charge is -2.06. The number of para-hydroxylation sites is 2. The van der Waals surface area contributed by atoms with Crippen LogP contribution in [0.4, 0.5) is 5.69 Å². The van der Waals surface area contributed by atoms with Gasteiger partial charge in [0.1, 0.15) is 11.3 Å². The summed E-state index contributed by atoms with van der Waals surface area (Å²) in [5, 5.41) is 4.35. The first-order valence-electron chi connectivity index (χ1n) is 9.68. The molecule has 4 aromatic rings. The van der Waals surface area contributed by atoms with Crippen LogP contribution in [0.2, 0.25) is 0 Å². The first-order valence-corrected chi connectivity index (χ1v) is 9.68. The van der Waals surface area contributed by atoms with Crippen molar-refractivity contribution in [3.63, 3.8) is 0 Å². The number of hydrogen-bond donors (Lipinski definition) is 1. The molecule has 1 aromatic heterocycles. The Balaban J connectivity index is 1.71. The van der Waals surface area contributed by atoms with E-state index in [1.165, 1.54) is 0 Å². The van der Waals surface area contributed by atoms with Crippen LogP contribution in [0.3, 0.4) is 0 Å². The van der Waals surface area contributed by atoms with Crippen molar-refractivity contribution < 1.29 is 13.9 Å². The van der Waals surface area contributed by atoms with Crippen molar-refractivity contribution in [2.24, 2.45) is 5.10 Å². The Bertz CT molecular complexity index is 1160. The van der Waals surface area contributed by atoms with Crippen LogP contribution < -0.4 is 10.2 Å². The number of hydrazone groups is 1. The number of aromatic nitrogens is 1. The second-order valence-electron chi connectivity index (χ2n) is 6.71. The normalized spacial score (nSPS) is 11.5. The minimum atomic E-state index is -0.302. The SMILES string of the molecule is CCOc1ccc(C(=O)/C(=N\Nc2ccc(C)cc2)c2nc3ccccc3o2)cc1. The molecule has 30 heavy (non-hydrogen) atoms. The predicted molar refractivity (Wildman–Crippen MR) is 117 cm³/mol. The second-order valence-corrected chi connectivity index (χ2v) is 6.71. The van der Waals surface area contributed by atoms with Crippen LogP contribution in [-0.2, 0) is 0 Å². The lowest BCUT2D eigenvalue weighted by atomic mass is 10.1. The van der Waals surface area contributed by atoms with Gasteiger partial charge < -0.3 is 9.15 Å². The van der Waals surface area contributed by atoms with Gasteiger partial charge in [0.2, 0.25) is 5.78 Å². The van der Waals surface area contributed by atoms with E-state index in [2.05, 4.69) is 15.5 Å². The molecule has 0 aliphatic heterocycles. The van der Waals surface area contributed by atoms with Gasteiger partial charge in [-0.1, -0.05) is 29.8 Å². The van der Waals surface area contributed by atoms with E-state index in [0.717, 1.165) is 11.3 Å². The Hall–Kier alpha value is -3.93. The van der Waals surface area contributed by atoms with Gasteiger partial charge in [0, 0.05) is 5.56 Å². The van der Waals surface area contributed by atoms with E-state index >= 15 is 0 Å². The van der Waals surface area contributed by atoms with E-state index in [-0.39, 0.29) is 17.4 Å². The number of anilines is 1. The van der Waals surface area contributed by atoms with Crippen LogP contribution in [-0.4, -0.2) is 23.1 Å². The zero-order valence-electron chi connectivity index (χ0n) is 16.8. The fourth-order valence-electron chi connectivity index (χ4n) is 2.92. The number of oxazole rings is 1. The monoisotopic (exact) mass is 399 g/mol. The topological polar surface area (TPSA) is 76.7 Å². The summed E-state index contributed by atoms with van der Waals surface area (Å²) in [5.41, 5.74) is 6.64. The van der Waals surface area contributed by atoms with Crippen molar-refractivity contribution in [2.45, 2.75) is 13.8 Å². The van der Waals surface area contributed by atoms with Gasteiger partial charge >= 0.3 is 0 Å². The maximum Gasteiger partial charge on any atom is 0.252 e. The standard InChI is InChI=1S/C24H21N3O3/c1-3-29-19-14-10-17(11-15-19)23(28)22(27-26-18-12-8-16(2)9-13-18)24-25-20-6-4-5-7-21(20)30-24/h4-15,26H,3H2,1-2H3/b27-22+. The molecule has 6 heteroatoms. The molecular formula is C24H21N3O3. The molecule has 0 aliphatic carbocycles. The summed E-state index contributed by atoms with van der Waals surface area (Å²) in [4.78, 5) is 17.7. The van der Waals surface area contributed by atoms with Gasteiger partial charge in [-0.15, -0.1) is 0 Å². The van der Waals surface area contributed by atoms with E-state index < -0.39 is 0 Å². The number of carbonyl (C=O) groups is 1. The molecular weight excluding hydrogens is 378 g/mol. The largest absolute Gasteiger partial charge is 0.494 e. The van der Waals surface area contributed by atoms with E-state index in [4.69, 9.17) is 9.15 Å². The first-order chi connectivity index (χ1) is 14.6. The van der Waals surface area contributed by atoms with Gasteiger partial charge in [-0.05, 0) is 62.4 Å². The minimum Gasteiger partial charge on any atom is -0.494 e. The third-order valence-electron chi connectivity index (χ3n) is 4.49. The highest BCUT2D eigenvalue weighted by Gasteiger charge is 2.22. The number of carbonyl (C=O) groups excluding carboxylic acids is 1. The zero-order chi connectivity index (χ0) is 20.9. The molecule has 0 saturated carbocycles. The number of hydrogen-bond acceptors (Lipinski definition) is 6. The zero-order valence-corrected chi connectivity index (χ0v) is 16.8. The van der Waals surface area contributed by atoms with Crippen LogP contribution in [0, 0.1) is 6.92 Å². The molecule has 0 unspecified atom stereocenters. The van der Waals surface area contributed by atoms with Crippen molar-refractivity contribution in [2.75, 3.05) is 12.0 Å². The minimum absolute atomic E-state index is 0.0935. The number of fused-ring (bicyclic) bond motifs is 1. The molecule has 0 bridgehead atoms. The third kappa shape index (κ3) is 4.22. The summed E-state index contributed by atoms with van der Waals surface area (Å²) in [6, 6.07) is 22.0. The van der Waals surface area contributed by atoms with Crippen LogP contribution in [0.1, 0.15) is 28.7 Å². The van der Waals surface area contributed by atoms with Gasteiger partial charge in [0.15, 0.2) is 11.3 Å². The highest BCUT2D eigenvalue weighted by Crippen LogP contribution is 2.19. The summed E-state index contributed by atoms with van der Waals surface area (Å²) in [6.45, 7) is 4.48. The van der Waals surface area contributed by atoms with E-state index in [0.29, 0.717) is 29.0 Å². The molecule has 0 spiro atoms. The molecule has 0 radical (unpaired) electrons. The smallest absolute Gasteiger partial charge is 0.252 e. The van der Waals surface area contributed by atoms with Crippen molar-refractivity contribution in [3.05, 3.63) is 89.8 Å². The molecule has 0 atom stereocenters. The number of rotatable bonds is 7. The molecule has 3 aromatic carbocycles. The lowest BCUT2D eigenvalue weighted by molar-refractivity contribution is 0.106. The Morgan fingerprint density at radius 1 is 1.03 bits per heavy atom. The van der Waals surface area contributed by atoms with Crippen molar-refractivity contribution in [1.82, 2.24) is 4.98 Å². The van der Waals surface area contributed by atoms with Crippen LogP contribution in [0.5, 0.6) is 5.75 Å². The summed E-state index contributed by atoms with van der Waals surface area (Å²) in [6.07, 6.45) is 0. The van der Waals surface area contributed by atoms with Crippen LogP contribution in [0.15, 0.2) is 82.3 Å². The Kier molecular flexibility index (Phi) is 5.57. The molecule has 0 saturated heterocycles. The maximum atomic E-state index is 13.3. The highest BCUT2D eigenvalue weighted by atomic mass is 16.5. The summed E-state index contributed by atoms with van der Waals surface area (Å²) in [5.74, 6) is 0.561. The van der Waals surface area contributed by atoms with Gasteiger partial charge in [-0.2, -0.15) is 5.10 Å². The number of nitrogens with zero attached hydrogens (tertiary/aromatic N) is 2. The average molecular weight is 399 g/mol. The maximum absolute atomic E-state index is 13.3. The van der Waals surface area contributed by atoms with Gasteiger partial charge in [0.25, 0.3) is 5.89 Å². The van der Waals surface area contributed by atoms with E-state index in [9.17, 15) is 4.79 Å². The number of aryl methyl sites for hydroxylation is 1. The number of ether oxygens (including phenoxy) is 1. The van der Waals surface area contributed by atoms with Gasteiger partial charge in [-0.3, -0.25) is 10.2 Å². The predicted octanol–water partition coefficient (Wildman–Crippen LogP) is 5.23. The van der Waals surface area contributed by atoms with Gasteiger partial charge in [0.05, 0.1) is 12.3 Å². The summed E-state index contributed by atoms with van der Waals surface area (Å²) < 4.78 is 11.3. The Labute approximate surface area is 174 Å². The number of benzene rings is 3. The highest BCUT2D eigenvalue weighted by molar-refractivity contribution is 6.50. The molecule has 0 fully saturated rings. The van der Waals surface area contributed by atoms with Crippen molar-refractivity contribution in [1.29, 1.82) is 0 Å². The molecule has 0 amide bonds. The molecule has 1 N–H and O–H groups in total.